The van der Waals surface area contributed by atoms with Crippen molar-refractivity contribution >= 4 is 27.5 Å². The molecule has 0 spiro atoms. The minimum atomic E-state index is -0.0152. The molecule has 1 aromatic heterocycles. The van der Waals surface area contributed by atoms with Crippen molar-refractivity contribution in [1.82, 2.24) is 4.90 Å². The highest BCUT2D eigenvalue weighted by Crippen LogP contribution is 2.18. The molecule has 0 bridgehead atoms. The molecule has 0 saturated carbocycles. The van der Waals surface area contributed by atoms with Crippen LogP contribution >= 0.6 is 15.9 Å². The third-order valence-corrected chi connectivity index (χ3v) is 4.04. The molecule has 0 aliphatic heterocycles. The van der Waals surface area contributed by atoms with E-state index in [9.17, 15) is 4.79 Å². The van der Waals surface area contributed by atoms with Crippen molar-refractivity contribution in [2.75, 3.05) is 25.0 Å². The van der Waals surface area contributed by atoms with Gasteiger partial charge in [-0.15, -0.1) is 0 Å². The van der Waals surface area contributed by atoms with Gasteiger partial charge in [0.25, 0.3) is 5.91 Å². The summed E-state index contributed by atoms with van der Waals surface area (Å²) in [5.41, 5.74) is 1.82. The van der Waals surface area contributed by atoms with Crippen LogP contribution in [-0.2, 0) is 6.54 Å². The first-order valence-electron chi connectivity index (χ1n) is 7.39. The van der Waals surface area contributed by atoms with Crippen molar-refractivity contribution < 1.29 is 9.21 Å². The van der Waals surface area contributed by atoms with Crippen molar-refractivity contribution in [2.45, 2.75) is 20.4 Å². The average Bonchev–Trinajstić information content (AvgIpc) is 2.93. The minimum Gasteiger partial charge on any atom is -0.452 e. The fourth-order valence-electron chi connectivity index (χ4n) is 2.37. The Balaban J connectivity index is 2.05. The van der Waals surface area contributed by atoms with Gasteiger partial charge in [-0.25, -0.2) is 0 Å². The summed E-state index contributed by atoms with van der Waals surface area (Å²) in [6.07, 6.45) is 0. The SMILES string of the molecule is CCN(CC)c1ccc(C(=O)N(C)Cc2ccc(Br)o2)cc1. The lowest BCUT2D eigenvalue weighted by atomic mass is 10.1. The molecule has 0 atom stereocenters. The molecule has 5 heteroatoms. The highest BCUT2D eigenvalue weighted by atomic mass is 79.9. The van der Waals surface area contributed by atoms with Crippen LogP contribution in [0.5, 0.6) is 0 Å². The van der Waals surface area contributed by atoms with E-state index in [2.05, 4.69) is 34.7 Å². The molecule has 4 nitrogen and oxygen atoms in total. The van der Waals surface area contributed by atoms with Crippen LogP contribution in [0.15, 0.2) is 45.5 Å². The topological polar surface area (TPSA) is 36.7 Å². The molecular formula is C17H21BrN2O2. The quantitative estimate of drug-likeness (QED) is 0.771. The summed E-state index contributed by atoms with van der Waals surface area (Å²) < 4.78 is 6.11. The molecule has 0 saturated heterocycles. The lowest BCUT2D eigenvalue weighted by molar-refractivity contribution is 0.0775. The number of nitrogens with zero attached hydrogens (tertiary/aromatic N) is 2. The molecular weight excluding hydrogens is 344 g/mol. The zero-order valence-corrected chi connectivity index (χ0v) is 14.8. The predicted molar refractivity (Wildman–Crippen MR) is 92.2 cm³/mol. The Hall–Kier alpha value is -1.75. The maximum Gasteiger partial charge on any atom is 0.254 e. The Kier molecular flexibility index (Phi) is 5.66. The lowest BCUT2D eigenvalue weighted by Crippen LogP contribution is -2.26. The number of carbonyl (C=O) groups excluding carboxylic acids is 1. The van der Waals surface area contributed by atoms with Gasteiger partial charge in [-0.2, -0.15) is 0 Å². The van der Waals surface area contributed by atoms with Crippen LogP contribution in [0.25, 0.3) is 0 Å². The standard InChI is InChI=1S/C17H21BrN2O2/c1-4-20(5-2)14-8-6-13(7-9-14)17(21)19(3)12-15-10-11-16(18)22-15/h6-11H,4-5,12H2,1-3H3. The van der Waals surface area contributed by atoms with E-state index in [1.54, 1.807) is 11.9 Å². The van der Waals surface area contributed by atoms with E-state index in [4.69, 9.17) is 4.42 Å². The summed E-state index contributed by atoms with van der Waals surface area (Å²) in [5, 5.41) is 0. The first kappa shape index (κ1) is 16.6. The van der Waals surface area contributed by atoms with Crippen LogP contribution < -0.4 is 4.90 Å². The van der Waals surface area contributed by atoms with Crippen LogP contribution in [0.3, 0.4) is 0 Å². The van der Waals surface area contributed by atoms with Gasteiger partial charge in [0.15, 0.2) is 4.67 Å². The van der Waals surface area contributed by atoms with Crippen LogP contribution in [0.1, 0.15) is 30.0 Å². The summed E-state index contributed by atoms with van der Waals surface area (Å²) in [4.78, 5) is 16.3. The highest BCUT2D eigenvalue weighted by molar-refractivity contribution is 9.10. The van der Waals surface area contributed by atoms with Crippen molar-refractivity contribution in [1.29, 1.82) is 0 Å². The van der Waals surface area contributed by atoms with Crippen molar-refractivity contribution in [2.24, 2.45) is 0 Å². The monoisotopic (exact) mass is 364 g/mol. The second-order valence-corrected chi connectivity index (χ2v) is 5.87. The van der Waals surface area contributed by atoms with Gasteiger partial charge in [0.2, 0.25) is 0 Å². The van der Waals surface area contributed by atoms with Crippen LogP contribution in [0.2, 0.25) is 0 Å². The molecule has 1 amide bonds. The van der Waals surface area contributed by atoms with Gasteiger partial charge in [-0.05, 0) is 66.2 Å². The zero-order valence-electron chi connectivity index (χ0n) is 13.2. The number of benzene rings is 1. The number of hydrogen-bond acceptors (Lipinski definition) is 3. The van der Waals surface area contributed by atoms with Gasteiger partial charge in [0, 0.05) is 31.4 Å². The smallest absolute Gasteiger partial charge is 0.254 e. The van der Waals surface area contributed by atoms with Gasteiger partial charge in [0.05, 0.1) is 6.54 Å². The Labute approximate surface area is 139 Å². The Morgan fingerprint density at radius 1 is 1.09 bits per heavy atom. The Morgan fingerprint density at radius 3 is 2.23 bits per heavy atom. The van der Waals surface area contributed by atoms with Crippen LogP contribution in [-0.4, -0.2) is 30.9 Å². The number of carbonyl (C=O) groups is 1. The third kappa shape index (κ3) is 3.91. The summed E-state index contributed by atoms with van der Waals surface area (Å²) >= 11 is 3.26. The predicted octanol–water partition coefficient (Wildman–Crippen LogP) is 4.16. The largest absolute Gasteiger partial charge is 0.452 e. The Bertz CT molecular complexity index is 618. The summed E-state index contributed by atoms with van der Waals surface area (Å²) in [6.45, 7) is 6.60. The third-order valence-electron chi connectivity index (χ3n) is 3.61. The number of anilines is 1. The first-order chi connectivity index (χ1) is 10.5. The average molecular weight is 365 g/mol. The normalized spacial score (nSPS) is 10.5. The maximum absolute atomic E-state index is 12.4. The fourth-order valence-corrected chi connectivity index (χ4v) is 2.71. The molecule has 1 aromatic carbocycles. The minimum absolute atomic E-state index is 0.0152. The van der Waals surface area contributed by atoms with E-state index < -0.39 is 0 Å². The van der Waals surface area contributed by atoms with Gasteiger partial charge in [0.1, 0.15) is 5.76 Å². The fraction of sp³-hybridized carbons (Fsp3) is 0.353. The molecule has 118 valence electrons. The number of rotatable bonds is 6. The van der Waals surface area contributed by atoms with Gasteiger partial charge >= 0.3 is 0 Å². The molecule has 2 rings (SSSR count). The van der Waals surface area contributed by atoms with Crippen LogP contribution in [0.4, 0.5) is 5.69 Å². The molecule has 0 aliphatic rings. The molecule has 0 N–H and O–H groups in total. The zero-order chi connectivity index (χ0) is 16.1. The van der Waals surface area contributed by atoms with E-state index in [-0.39, 0.29) is 5.91 Å². The number of hydrogen-bond donors (Lipinski definition) is 0. The first-order valence-corrected chi connectivity index (χ1v) is 8.19. The molecule has 1 heterocycles. The Morgan fingerprint density at radius 2 is 1.73 bits per heavy atom. The number of amides is 1. The molecule has 0 radical (unpaired) electrons. The number of halogens is 1. The van der Waals surface area contributed by atoms with E-state index in [0.29, 0.717) is 16.8 Å². The molecule has 0 unspecified atom stereocenters. The second-order valence-electron chi connectivity index (χ2n) is 5.09. The van der Waals surface area contributed by atoms with E-state index in [0.717, 1.165) is 24.5 Å². The molecule has 2 aromatic rings. The van der Waals surface area contributed by atoms with Crippen molar-refractivity contribution in [3.8, 4) is 0 Å². The van der Waals surface area contributed by atoms with E-state index >= 15 is 0 Å². The summed E-state index contributed by atoms with van der Waals surface area (Å²) in [5.74, 6) is 0.737. The van der Waals surface area contributed by atoms with Gasteiger partial charge in [-0.3, -0.25) is 4.79 Å². The second kappa shape index (κ2) is 7.49. The van der Waals surface area contributed by atoms with Crippen molar-refractivity contribution in [3.05, 3.63) is 52.4 Å². The van der Waals surface area contributed by atoms with E-state index in [1.807, 2.05) is 36.4 Å². The lowest BCUT2D eigenvalue weighted by Gasteiger charge is -2.21. The molecule has 0 aliphatic carbocycles. The summed E-state index contributed by atoms with van der Waals surface area (Å²) in [7, 11) is 1.77. The highest BCUT2D eigenvalue weighted by Gasteiger charge is 2.14. The van der Waals surface area contributed by atoms with Crippen LogP contribution in [0, 0.1) is 0 Å². The summed E-state index contributed by atoms with van der Waals surface area (Å²) in [6, 6.07) is 11.4. The maximum atomic E-state index is 12.4. The molecule has 0 fully saturated rings. The van der Waals surface area contributed by atoms with Crippen molar-refractivity contribution in [3.63, 3.8) is 0 Å². The molecule has 22 heavy (non-hydrogen) atoms. The van der Waals surface area contributed by atoms with E-state index in [1.165, 1.54) is 0 Å². The number of furan rings is 1. The van der Waals surface area contributed by atoms with Gasteiger partial charge in [-0.1, -0.05) is 0 Å². The van der Waals surface area contributed by atoms with Gasteiger partial charge < -0.3 is 14.2 Å².